The van der Waals surface area contributed by atoms with Gasteiger partial charge in [-0.25, -0.2) is 0 Å². The lowest BCUT2D eigenvalue weighted by Gasteiger charge is -2.17. The van der Waals surface area contributed by atoms with Gasteiger partial charge in [0, 0.05) is 30.0 Å². The standard InChI is InChI=1S/C14H19N3O/c1-10-4-5-13(14(8-10)18-3)11(2)15-9-12-6-7-16-17-12/h4-8,11,15H,9H2,1-3H3,(H,16,17). The van der Waals surface area contributed by atoms with E-state index in [1.165, 1.54) is 11.1 Å². The molecular weight excluding hydrogens is 226 g/mol. The SMILES string of the molecule is COc1cc(C)ccc1C(C)NCc1ccn[nH]1. The Morgan fingerprint density at radius 2 is 2.22 bits per heavy atom. The molecule has 2 N–H and O–H groups in total. The summed E-state index contributed by atoms with van der Waals surface area (Å²) in [5.41, 5.74) is 3.45. The second-order valence-corrected chi connectivity index (χ2v) is 4.43. The van der Waals surface area contributed by atoms with Crippen LogP contribution in [0, 0.1) is 6.92 Å². The lowest BCUT2D eigenvalue weighted by atomic mass is 10.0. The molecule has 0 aliphatic rings. The molecule has 2 rings (SSSR count). The van der Waals surface area contributed by atoms with Gasteiger partial charge in [-0.15, -0.1) is 0 Å². The Bertz CT molecular complexity index is 494. The second kappa shape index (κ2) is 5.69. The Hall–Kier alpha value is -1.81. The van der Waals surface area contributed by atoms with Crippen molar-refractivity contribution < 1.29 is 4.74 Å². The molecule has 0 bridgehead atoms. The highest BCUT2D eigenvalue weighted by Gasteiger charge is 2.11. The summed E-state index contributed by atoms with van der Waals surface area (Å²) in [7, 11) is 1.71. The number of methoxy groups -OCH3 is 1. The lowest BCUT2D eigenvalue weighted by molar-refractivity contribution is 0.401. The fourth-order valence-electron chi connectivity index (χ4n) is 1.93. The monoisotopic (exact) mass is 245 g/mol. The molecule has 0 aliphatic carbocycles. The fourth-order valence-corrected chi connectivity index (χ4v) is 1.93. The highest BCUT2D eigenvalue weighted by atomic mass is 16.5. The predicted octanol–water partition coefficient (Wildman–Crippen LogP) is 2.58. The molecule has 0 aliphatic heterocycles. The van der Waals surface area contributed by atoms with Gasteiger partial charge in [0.1, 0.15) is 5.75 Å². The van der Waals surface area contributed by atoms with Crippen molar-refractivity contribution in [2.45, 2.75) is 26.4 Å². The van der Waals surface area contributed by atoms with Crippen molar-refractivity contribution in [1.82, 2.24) is 15.5 Å². The maximum Gasteiger partial charge on any atom is 0.123 e. The zero-order valence-corrected chi connectivity index (χ0v) is 11.0. The van der Waals surface area contributed by atoms with Crippen LogP contribution < -0.4 is 10.1 Å². The third-order valence-electron chi connectivity index (χ3n) is 3.01. The van der Waals surface area contributed by atoms with Crippen LogP contribution in [0.5, 0.6) is 5.75 Å². The molecule has 1 unspecified atom stereocenters. The van der Waals surface area contributed by atoms with Crippen LogP contribution in [-0.2, 0) is 6.54 Å². The molecule has 0 radical (unpaired) electrons. The summed E-state index contributed by atoms with van der Waals surface area (Å²) < 4.78 is 5.42. The van der Waals surface area contributed by atoms with Crippen LogP contribution in [-0.4, -0.2) is 17.3 Å². The Balaban J connectivity index is 2.06. The van der Waals surface area contributed by atoms with E-state index in [0.29, 0.717) is 0 Å². The van der Waals surface area contributed by atoms with Crippen LogP contribution in [0.3, 0.4) is 0 Å². The van der Waals surface area contributed by atoms with Crippen LogP contribution in [0.25, 0.3) is 0 Å². The van der Waals surface area contributed by atoms with Crippen molar-refractivity contribution in [3.8, 4) is 5.75 Å². The average molecular weight is 245 g/mol. The van der Waals surface area contributed by atoms with E-state index in [1.54, 1.807) is 13.3 Å². The van der Waals surface area contributed by atoms with Gasteiger partial charge in [0.15, 0.2) is 0 Å². The summed E-state index contributed by atoms with van der Waals surface area (Å²) in [6, 6.07) is 8.46. The van der Waals surface area contributed by atoms with E-state index in [4.69, 9.17) is 4.74 Å². The number of H-pyrrole nitrogens is 1. The number of hydrogen-bond acceptors (Lipinski definition) is 3. The summed E-state index contributed by atoms with van der Waals surface area (Å²) in [6.45, 7) is 4.96. The van der Waals surface area contributed by atoms with Gasteiger partial charge in [-0.3, -0.25) is 5.10 Å². The highest BCUT2D eigenvalue weighted by molar-refractivity contribution is 5.39. The van der Waals surface area contributed by atoms with E-state index in [-0.39, 0.29) is 6.04 Å². The minimum atomic E-state index is 0.226. The predicted molar refractivity (Wildman–Crippen MR) is 71.6 cm³/mol. The highest BCUT2D eigenvalue weighted by Crippen LogP contribution is 2.26. The molecule has 1 aromatic heterocycles. The van der Waals surface area contributed by atoms with Crippen LogP contribution in [0.4, 0.5) is 0 Å². The Kier molecular flexibility index (Phi) is 3.99. The Morgan fingerprint density at radius 3 is 2.89 bits per heavy atom. The number of hydrogen-bond donors (Lipinski definition) is 2. The van der Waals surface area contributed by atoms with Gasteiger partial charge in [0.25, 0.3) is 0 Å². The zero-order chi connectivity index (χ0) is 13.0. The first-order valence-corrected chi connectivity index (χ1v) is 6.07. The molecule has 96 valence electrons. The van der Waals surface area contributed by atoms with Gasteiger partial charge in [-0.2, -0.15) is 5.10 Å². The molecule has 1 aromatic carbocycles. The molecule has 1 heterocycles. The number of benzene rings is 1. The quantitative estimate of drug-likeness (QED) is 0.851. The third kappa shape index (κ3) is 2.90. The van der Waals surface area contributed by atoms with E-state index in [2.05, 4.69) is 47.6 Å². The first kappa shape index (κ1) is 12.6. The smallest absolute Gasteiger partial charge is 0.123 e. The molecule has 0 saturated heterocycles. The average Bonchev–Trinajstić information content (AvgIpc) is 2.88. The van der Waals surface area contributed by atoms with Gasteiger partial charge in [0.05, 0.1) is 7.11 Å². The van der Waals surface area contributed by atoms with E-state index in [9.17, 15) is 0 Å². The van der Waals surface area contributed by atoms with Crippen molar-refractivity contribution in [2.24, 2.45) is 0 Å². The van der Waals surface area contributed by atoms with Crippen LogP contribution in [0.2, 0.25) is 0 Å². The lowest BCUT2D eigenvalue weighted by Crippen LogP contribution is -2.19. The van der Waals surface area contributed by atoms with Gasteiger partial charge in [-0.1, -0.05) is 12.1 Å². The largest absolute Gasteiger partial charge is 0.496 e. The number of aryl methyl sites for hydroxylation is 1. The van der Waals surface area contributed by atoms with Gasteiger partial charge in [0.2, 0.25) is 0 Å². The molecule has 0 fully saturated rings. The second-order valence-electron chi connectivity index (χ2n) is 4.43. The van der Waals surface area contributed by atoms with Crippen molar-refractivity contribution in [3.63, 3.8) is 0 Å². The van der Waals surface area contributed by atoms with E-state index in [1.807, 2.05) is 6.07 Å². The molecule has 4 heteroatoms. The summed E-state index contributed by atoms with van der Waals surface area (Å²) in [6.07, 6.45) is 1.76. The molecule has 0 spiro atoms. The first-order chi connectivity index (χ1) is 8.70. The molecule has 0 amide bonds. The van der Waals surface area contributed by atoms with Crippen molar-refractivity contribution >= 4 is 0 Å². The molecule has 2 aromatic rings. The number of nitrogens with zero attached hydrogens (tertiary/aromatic N) is 1. The van der Waals surface area contributed by atoms with E-state index < -0.39 is 0 Å². The summed E-state index contributed by atoms with van der Waals surface area (Å²) >= 11 is 0. The number of rotatable bonds is 5. The molecule has 4 nitrogen and oxygen atoms in total. The molecule has 0 saturated carbocycles. The van der Waals surface area contributed by atoms with Crippen LogP contribution in [0.15, 0.2) is 30.5 Å². The number of ether oxygens (including phenoxy) is 1. The maximum atomic E-state index is 5.42. The minimum Gasteiger partial charge on any atom is -0.496 e. The van der Waals surface area contributed by atoms with Gasteiger partial charge in [-0.05, 0) is 31.5 Å². The zero-order valence-electron chi connectivity index (χ0n) is 11.0. The van der Waals surface area contributed by atoms with Gasteiger partial charge >= 0.3 is 0 Å². The van der Waals surface area contributed by atoms with Crippen molar-refractivity contribution in [1.29, 1.82) is 0 Å². The van der Waals surface area contributed by atoms with Crippen molar-refractivity contribution in [2.75, 3.05) is 7.11 Å². The Labute approximate surface area is 107 Å². The molecule has 18 heavy (non-hydrogen) atoms. The first-order valence-electron chi connectivity index (χ1n) is 6.07. The van der Waals surface area contributed by atoms with Gasteiger partial charge < -0.3 is 10.1 Å². The normalized spacial score (nSPS) is 12.4. The minimum absolute atomic E-state index is 0.226. The number of aromatic nitrogens is 2. The molecule has 1 atom stereocenters. The van der Waals surface area contributed by atoms with Crippen LogP contribution in [0.1, 0.15) is 29.8 Å². The van der Waals surface area contributed by atoms with Crippen LogP contribution >= 0.6 is 0 Å². The summed E-state index contributed by atoms with van der Waals surface area (Å²) in [4.78, 5) is 0. The summed E-state index contributed by atoms with van der Waals surface area (Å²) in [5.74, 6) is 0.930. The third-order valence-corrected chi connectivity index (χ3v) is 3.01. The van der Waals surface area contributed by atoms with E-state index >= 15 is 0 Å². The number of aromatic amines is 1. The topological polar surface area (TPSA) is 49.9 Å². The van der Waals surface area contributed by atoms with E-state index in [0.717, 1.165) is 18.0 Å². The fraction of sp³-hybridized carbons (Fsp3) is 0.357. The number of nitrogens with one attached hydrogen (secondary N) is 2. The molecular formula is C14H19N3O. The summed E-state index contributed by atoms with van der Waals surface area (Å²) in [5, 5.41) is 10.3. The van der Waals surface area contributed by atoms with Crippen molar-refractivity contribution in [3.05, 3.63) is 47.3 Å². The maximum absolute atomic E-state index is 5.42. The Morgan fingerprint density at radius 1 is 1.39 bits per heavy atom.